The first-order valence-corrected chi connectivity index (χ1v) is 2.58. The maximum Gasteiger partial charge on any atom is 0.106 e. The van der Waals surface area contributed by atoms with Gasteiger partial charge in [-0.25, -0.2) is 0 Å². The Morgan fingerprint density at radius 3 is 2.50 bits per heavy atom. The number of carbonyl (C=O) groups is 1. The zero-order valence-corrected chi connectivity index (χ0v) is 5.40. The molecule has 0 amide bonds. The van der Waals surface area contributed by atoms with Gasteiger partial charge in [0.1, 0.15) is 6.79 Å². The normalized spacial score (nSPS) is 7.70. The van der Waals surface area contributed by atoms with E-state index >= 15 is 0 Å². The summed E-state index contributed by atoms with van der Waals surface area (Å²) >= 11 is 0. The fourth-order valence-electron chi connectivity index (χ4n) is 0.412. The Bertz CT molecular complexity index is 167. The van der Waals surface area contributed by atoms with Crippen LogP contribution in [0.25, 0.3) is 0 Å². The van der Waals surface area contributed by atoms with Crippen molar-refractivity contribution in [3.63, 3.8) is 0 Å². The molecule has 0 saturated carbocycles. The van der Waals surface area contributed by atoms with Gasteiger partial charge in [0, 0.05) is 12.4 Å². The molecule has 4 nitrogen and oxygen atoms in total. The first-order valence-electron chi connectivity index (χ1n) is 2.58. The molecule has 0 unspecified atom stereocenters. The Morgan fingerprint density at radius 1 is 1.50 bits per heavy atom. The fourth-order valence-corrected chi connectivity index (χ4v) is 0.412. The zero-order chi connectivity index (χ0) is 7.82. The van der Waals surface area contributed by atoms with Gasteiger partial charge in [0.2, 0.25) is 0 Å². The third kappa shape index (κ3) is 2.88. The molecule has 0 aromatic carbocycles. The number of hydrogen-bond donors (Lipinski definition) is 1. The van der Waals surface area contributed by atoms with Gasteiger partial charge in [-0.2, -0.15) is 0 Å². The van der Waals surface area contributed by atoms with Crippen LogP contribution in [0.3, 0.4) is 0 Å². The van der Waals surface area contributed by atoms with Crippen LogP contribution >= 0.6 is 0 Å². The van der Waals surface area contributed by atoms with Gasteiger partial charge >= 0.3 is 0 Å². The summed E-state index contributed by atoms with van der Waals surface area (Å²) in [7, 11) is 0. The lowest BCUT2D eigenvalue weighted by atomic mass is 10.5. The van der Waals surface area contributed by atoms with E-state index in [1.165, 1.54) is 6.20 Å². The number of hydrogen-bond acceptors (Lipinski definition) is 4. The van der Waals surface area contributed by atoms with E-state index in [0.29, 0.717) is 5.69 Å². The summed E-state index contributed by atoms with van der Waals surface area (Å²) in [6.07, 6.45) is 4.64. The average Bonchev–Trinajstić information content (AvgIpc) is 2.10. The van der Waals surface area contributed by atoms with Crippen molar-refractivity contribution in [3.8, 4) is 0 Å². The number of aliphatic hydroxyl groups excluding tert-OH is 1. The van der Waals surface area contributed by atoms with E-state index < -0.39 is 0 Å². The molecule has 0 radical (unpaired) electrons. The van der Waals surface area contributed by atoms with Crippen molar-refractivity contribution in [2.45, 2.75) is 6.61 Å². The molecule has 10 heavy (non-hydrogen) atoms. The summed E-state index contributed by atoms with van der Waals surface area (Å²) < 4.78 is 0. The minimum atomic E-state index is -0.0339. The van der Waals surface area contributed by atoms with E-state index in [-0.39, 0.29) is 6.61 Å². The monoisotopic (exact) mass is 140 g/mol. The first kappa shape index (κ1) is 8.71. The second-order valence-corrected chi connectivity index (χ2v) is 1.35. The quantitative estimate of drug-likeness (QED) is 0.586. The van der Waals surface area contributed by atoms with Gasteiger partial charge in [-0.3, -0.25) is 9.97 Å². The molecule has 1 N–H and O–H groups in total. The number of rotatable bonds is 1. The maximum absolute atomic E-state index is 8.44. The van der Waals surface area contributed by atoms with Crippen molar-refractivity contribution in [1.82, 2.24) is 9.97 Å². The number of aliphatic hydroxyl groups is 1. The van der Waals surface area contributed by atoms with Crippen molar-refractivity contribution in [2.24, 2.45) is 0 Å². The van der Waals surface area contributed by atoms with Crippen LogP contribution in [0.4, 0.5) is 0 Å². The average molecular weight is 140 g/mol. The van der Waals surface area contributed by atoms with Gasteiger partial charge < -0.3 is 9.90 Å². The van der Waals surface area contributed by atoms with Crippen molar-refractivity contribution in [1.29, 1.82) is 0 Å². The summed E-state index contributed by atoms with van der Waals surface area (Å²) in [5, 5.41) is 8.44. The summed E-state index contributed by atoms with van der Waals surface area (Å²) in [6, 6.07) is 0. The molecule has 0 spiro atoms. The van der Waals surface area contributed by atoms with Crippen LogP contribution in [0.1, 0.15) is 5.69 Å². The Hall–Kier alpha value is -1.29. The maximum atomic E-state index is 8.44. The van der Waals surface area contributed by atoms with Gasteiger partial charge in [-0.1, -0.05) is 0 Å². The molecule has 1 heterocycles. The van der Waals surface area contributed by atoms with Crippen LogP contribution < -0.4 is 0 Å². The second-order valence-electron chi connectivity index (χ2n) is 1.35. The molecule has 54 valence electrons. The van der Waals surface area contributed by atoms with E-state index in [1.807, 2.05) is 6.79 Å². The molecule has 1 rings (SSSR count). The fraction of sp³-hybridized carbons (Fsp3) is 0.167. The Balaban J connectivity index is 0.000000371. The summed E-state index contributed by atoms with van der Waals surface area (Å²) in [4.78, 5) is 15.5. The Kier molecular flexibility index (Phi) is 5.09. The zero-order valence-electron chi connectivity index (χ0n) is 5.40. The molecule has 0 bridgehead atoms. The second kappa shape index (κ2) is 5.84. The topological polar surface area (TPSA) is 63.1 Å². The molecule has 0 aliphatic heterocycles. The number of carbonyl (C=O) groups excluding carboxylic acids is 1. The van der Waals surface area contributed by atoms with Gasteiger partial charge in [0.05, 0.1) is 18.5 Å². The summed E-state index contributed by atoms with van der Waals surface area (Å²) in [5.41, 5.74) is 0.604. The molecule has 1 aromatic rings. The highest BCUT2D eigenvalue weighted by atomic mass is 16.3. The minimum Gasteiger partial charge on any atom is -0.390 e. The molecule has 0 aliphatic rings. The highest BCUT2D eigenvalue weighted by Gasteiger charge is 1.84. The van der Waals surface area contributed by atoms with E-state index in [1.54, 1.807) is 12.4 Å². The standard InChI is InChI=1S/C5H6N2O.CH2O/c8-4-5-3-6-1-2-7-5;1-2/h1-3,8H,4H2;1H2. The van der Waals surface area contributed by atoms with E-state index in [0.717, 1.165) is 0 Å². The van der Waals surface area contributed by atoms with Gasteiger partial charge in [-0.05, 0) is 0 Å². The molecular weight excluding hydrogens is 132 g/mol. The SMILES string of the molecule is C=O.OCc1cnccn1. The highest BCUT2D eigenvalue weighted by Crippen LogP contribution is 1.85. The predicted molar refractivity (Wildman–Crippen MR) is 35.1 cm³/mol. The minimum absolute atomic E-state index is 0.0339. The summed E-state index contributed by atoms with van der Waals surface area (Å²) in [5.74, 6) is 0. The summed E-state index contributed by atoms with van der Waals surface area (Å²) in [6.45, 7) is 1.97. The first-order chi connectivity index (χ1) is 4.93. The molecule has 0 atom stereocenters. The number of nitrogens with zero attached hydrogens (tertiary/aromatic N) is 2. The van der Waals surface area contributed by atoms with E-state index in [9.17, 15) is 0 Å². The highest BCUT2D eigenvalue weighted by molar-refractivity contribution is 5.10. The van der Waals surface area contributed by atoms with Crippen LogP contribution in [-0.4, -0.2) is 21.9 Å². The molecular formula is C6H8N2O2. The lowest BCUT2D eigenvalue weighted by Gasteiger charge is -1.87. The van der Waals surface area contributed by atoms with Crippen molar-refractivity contribution >= 4 is 6.79 Å². The van der Waals surface area contributed by atoms with Crippen molar-refractivity contribution in [3.05, 3.63) is 24.3 Å². The van der Waals surface area contributed by atoms with Crippen LogP contribution in [0, 0.1) is 0 Å². The van der Waals surface area contributed by atoms with E-state index in [4.69, 9.17) is 9.90 Å². The third-order valence-electron chi connectivity index (χ3n) is 0.779. The van der Waals surface area contributed by atoms with Crippen molar-refractivity contribution < 1.29 is 9.90 Å². The molecule has 0 fully saturated rings. The van der Waals surface area contributed by atoms with Crippen LogP contribution in [0.15, 0.2) is 18.6 Å². The van der Waals surface area contributed by atoms with Crippen LogP contribution in [0.5, 0.6) is 0 Å². The lowest BCUT2D eigenvalue weighted by molar-refractivity contribution is -0.0979. The molecule has 0 saturated heterocycles. The number of aromatic nitrogens is 2. The Morgan fingerprint density at radius 2 is 2.20 bits per heavy atom. The predicted octanol–water partition coefficient (Wildman–Crippen LogP) is -0.216. The molecule has 1 aromatic heterocycles. The van der Waals surface area contributed by atoms with Crippen LogP contribution in [-0.2, 0) is 11.4 Å². The largest absolute Gasteiger partial charge is 0.390 e. The van der Waals surface area contributed by atoms with Crippen LogP contribution in [0.2, 0.25) is 0 Å². The van der Waals surface area contributed by atoms with Gasteiger partial charge in [0.15, 0.2) is 0 Å². The van der Waals surface area contributed by atoms with Gasteiger partial charge in [0.25, 0.3) is 0 Å². The van der Waals surface area contributed by atoms with Gasteiger partial charge in [-0.15, -0.1) is 0 Å². The smallest absolute Gasteiger partial charge is 0.106 e. The third-order valence-corrected chi connectivity index (χ3v) is 0.779. The Labute approximate surface area is 58.6 Å². The molecule has 0 aliphatic carbocycles. The lowest BCUT2D eigenvalue weighted by Crippen LogP contribution is -1.86. The van der Waals surface area contributed by atoms with Crippen molar-refractivity contribution in [2.75, 3.05) is 0 Å². The molecule has 4 heteroatoms. The van der Waals surface area contributed by atoms with E-state index in [2.05, 4.69) is 9.97 Å².